The van der Waals surface area contributed by atoms with Gasteiger partial charge in [0.1, 0.15) is 17.7 Å². The van der Waals surface area contributed by atoms with Gasteiger partial charge in [-0.3, -0.25) is 14.6 Å². The molecule has 0 aromatic heterocycles. The molecule has 0 unspecified atom stereocenters. The van der Waals surface area contributed by atoms with E-state index in [2.05, 4.69) is 15.3 Å². The number of hydrogen-bond donors (Lipinski definition) is 1. The van der Waals surface area contributed by atoms with Gasteiger partial charge in [-0.25, -0.2) is 14.3 Å². The van der Waals surface area contributed by atoms with Gasteiger partial charge in [-0.1, -0.05) is 36.0 Å². The predicted molar refractivity (Wildman–Crippen MR) is 112 cm³/mol. The van der Waals surface area contributed by atoms with Gasteiger partial charge in [0.05, 0.1) is 23.9 Å². The van der Waals surface area contributed by atoms with Crippen molar-refractivity contribution in [1.82, 2.24) is 10.2 Å². The van der Waals surface area contributed by atoms with Crippen LogP contribution in [0.5, 0.6) is 0 Å². The number of nitrogens with zero attached hydrogens (tertiary/aromatic N) is 4. The number of thioether (sulfide) groups is 1. The Morgan fingerprint density at radius 1 is 1.23 bits per heavy atom. The van der Waals surface area contributed by atoms with Gasteiger partial charge in [-0.05, 0) is 29.8 Å². The van der Waals surface area contributed by atoms with E-state index in [1.165, 1.54) is 17.0 Å². The van der Waals surface area contributed by atoms with Gasteiger partial charge >= 0.3 is 0 Å². The number of amidine groups is 2. The number of halogens is 1. The SMILES string of the molecule is N#CCSC1=Nc2ccccc2C2=N[C@H](CC(=O)NCc3ccc(F)cc3)C(=O)N12. The second-order valence-corrected chi connectivity index (χ2v) is 7.55. The third-order valence-corrected chi connectivity index (χ3v) is 5.40. The van der Waals surface area contributed by atoms with Crippen molar-refractivity contribution in [3.8, 4) is 6.07 Å². The summed E-state index contributed by atoms with van der Waals surface area (Å²) in [6, 6.07) is 14.3. The average Bonchev–Trinajstić information content (AvgIpc) is 3.08. The van der Waals surface area contributed by atoms with Crippen molar-refractivity contribution < 1.29 is 14.0 Å². The molecular weight excluding hydrogens is 405 g/mol. The summed E-state index contributed by atoms with van der Waals surface area (Å²) in [4.78, 5) is 35.8. The fourth-order valence-electron chi connectivity index (χ4n) is 3.18. The molecule has 2 aliphatic heterocycles. The summed E-state index contributed by atoms with van der Waals surface area (Å²) < 4.78 is 13.0. The quantitative estimate of drug-likeness (QED) is 0.803. The highest BCUT2D eigenvalue weighted by atomic mass is 32.2. The highest BCUT2D eigenvalue weighted by Crippen LogP contribution is 2.33. The van der Waals surface area contributed by atoms with Gasteiger partial charge in [-0.15, -0.1) is 0 Å². The van der Waals surface area contributed by atoms with E-state index >= 15 is 0 Å². The van der Waals surface area contributed by atoms with Gasteiger partial charge in [0.25, 0.3) is 5.91 Å². The van der Waals surface area contributed by atoms with Gasteiger partial charge in [-0.2, -0.15) is 5.26 Å². The molecule has 9 heteroatoms. The molecule has 0 spiro atoms. The van der Waals surface area contributed by atoms with Crippen LogP contribution in [0.4, 0.5) is 10.1 Å². The minimum atomic E-state index is -0.868. The zero-order valence-corrected chi connectivity index (χ0v) is 16.5. The Labute approximate surface area is 176 Å². The zero-order chi connectivity index (χ0) is 21.1. The number of nitriles is 1. The minimum Gasteiger partial charge on any atom is -0.352 e. The number of aliphatic imine (C=N–C) groups is 2. The lowest BCUT2D eigenvalue weighted by Crippen LogP contribution is -2.42. The molecular formula is C21H16FN5O2S. The number of fused-ring (bicyclic) bond motifs is 3. The van der Waals surface area contributed by atoms with Gasteiger partial charge < -0.3 is 5.32 Å². The van der Waals surface area contributed by atoms with Crippen molar-refractivity contribution in [1.29, 1.82) is 5.26 Å². The second-order valence-electron chi connectivity index (χ2n) is 6.61. The predicted octanol–water partition coefficient (Wildman–Crippen LogP) is 2.75. The number of para-hydroxylation sites is 1. The molecule has 7 nitrogen and oxygen atoms in total. The van der Waals surface area contributed by atoms with Crippen molar-refractivity contribution >= 4 is 40.3 Å². The molecule has 2 aliphatic rings. The van der Waals surface area contributed by atoms with Crippen molar-refractivity contribution in [2.24, 2.45) is 9.98 Å². The van der Waals surface area contributed by atoms with E-state index in [9.17, 15) is 14.0 Å². The molecule has 2 heterocycles. The summed E-state index contributed by atoms with van der Waals surface area (Å²) >= 11 is 1.15. The Kier molecular flexibility index (Phi) is 5.59. The maximum Gasteiger partial charge on any atom is 0.259 e. The number of rotatable bonds is 5. The van der Waals surface area contributed by atoms with Crippen LogP contribution < -0.4 is 5.32 Å². The summed E-state index contributed by atoms with van der Waals surface area (Å²) in [7, 11) is 0. The highest BCUT2D eigenvalue weighted by molar-refractivity contribution is 8.14. The van der Waals surface area contributed by atoms with Crippen molar-refractivity contribution in [3.05, 3.63) is 65.5 Å². The molecule has 2 aromatic carbocycles. The third kappa shape index (κ3) is 3.95. The van der Waals surface area contributed by atoms with Gasteiger partial charge in [0, 0.05) is 12.1 Å². The van der Waals surface area contributed by atoms with Gasteiger partial charge in [0.2, 0.25) is 5.91 Å². The van der Waals surface area contributed by atoms with Crippen molar-refractivity contribution in [2.75, 3.05) is 5.75 Å². The lowest BCUT2D eigenvalue weighted by molar-refractivity contribution is -0.128. The van der Waals surface area contributed by atoms with Crippen LogP contribution in [0.25, 0.3) is 0 Å². The Bertz CT molecular complexity index is 1110. The molecule has 2 amide bonds. The second kappa shape index (κ2) is 8.47. The van der Waals surface area contributed by atoms with E-state index in [1.807, 2.05) is 30.3 Å². The number of amides is 2. The first-order valence-electron chi connectivity index (χ1n) is 9.17. The normalized spacial score (nSPS) is 16.9. The van der Waals surface area contributed by atoms with Crippen molar-refractivity contribution in [3.63, 3.8) is 0 Å². The molecule has 150 valence electrons. The van der Waals surface area contributed by atoms with Crippen LogP contribution in [0.2, 0.25) is 0 Å². The summed E-state index contributed by atoms with van der Waals surface area (Å²) in [6.45, 7) is 0.230. The highest BCUT2D eigenvalue weighted by Gasteiger charge is 2.41. The maximum atomic E-state index is 13.0. The molecule has 0 fully saturated rings. The van der Waals surface area contributed by atoms with Crippen LogP contribution in [0.1, 0.15) is 17.5 Å². The fourth-order valence-corrected chi connectivity index (χ4v) is 3.84. The van der Waals surface area contributed by atoms with Crippen LogP contribution in [-0.2, 0) is 16.1 Å². The van der Waals surface area contributed by atoms with E-state index in [1.54, 1.807) is 12.1 Å². The Morgan fingerprint density at radius 3 is 2.77 bits per heavy atom. The molecule has 0 saturated heterocycles. The molecule has 30 heavy (non-hydrogen) atoms. The fraction of sp³-hybridized carbons (Fsp3) is 0.190. The number of carbonyl (C=O) groups excluding carboxylic acids is 2. The van der Waals surface area contributed by atoms with Crippen LogP contribution in [0.15, 0.2) is 58.5 Å². The molecule has 1 N–H and O–H groups in total. The zero-order valence-electron chi connectivity index (χ0n) is 15.7. The first kappa shape index (κ1) is 19.8. The Morgan fingerprint density at radius 2 is 2.00 bits per heavy atom. The summed E-state index contributed by atoms with van der Waals surface area (Å²) in [6.07, 6.45) is -0.113. The summed E-state index contributed by atoms with van der Waals surface area (Å²) in [5.41, 5.74) is 2.13. The third-order valence-electron chi connectivity index (χ3n) is 4.60. The minimum absolute atomic E-state index is 0.113. The van der Waals surface area contributed by atoms with Crippen molar-refractivity contribution in [2.45, 2.75) is 19.0 Å². The maximum absolute atomic E-state index is 13.0. The Hall–Kier alpha value is -3.51. The van der Waals surface area contributed by atoms with E-state index in [0.717, 1.165) is 17.3 Å². The summed E-state index contributed by atoms with van der Waals surface area (Å²) in [5, 5.41) is 12.0. The smallest absolute Gasteiger partial charge is 0.259 e. The van der Waals surface area contributed by atoms with Crippen LogP contribution in [0.3, 0.4) is 0 Å². The van der Waals surface area contributed by atoms with Crippen LogP contribution >= 0.6 is 11.8 Å². The monoisotopic (exact) mass is 421 g/mol. The molecule has 1 atom stereocenters. The molecule has 0 radical (unpaired) electrons. The summed E-state index contributed by atoms with van der Waals surface area (Å²) in [5.74, 6) is -0.441. The Balaban J connectivity index is 1.50. The number of benzene rings is 2. The molecule has 4 rings (SSSR count). The van der Waals surface area contributed by atoms with E-state index in [4.69, 9.17) is 5.26 Å². The number of hydrogen-bond acceptors (Lipinski definition) is 6. The molecule has 0 aliphatic carbocycles. The number of carbonyl (C=O) groups is 2. The van der Waals surface area contributed by atoms with E-state index in [-0.39, 0.29) is 36.4 Å². The van der Waals surface area contributed by atoms with E-state index in [0.29, 0.717) is 22.3 Å². The van der Waals surface area contributed by atoms with Crippen LogP contribution in [-0.4, -0.2) is 39.5 Å². The first-order chi connectivity index (χ1) is 14.6. The average molecular weight is 421 g/mol. The van der Waals surface area contributed by atoms with E-state index < -0.39 is 6.04 Å². The first-order valence-corrected chi connectivity index (χ1v) is 10.2. The van der Waals surface area contributed by atoms with Gasteiger partial charge in [0.15, 0.2) is 5.17 Å². The van der Waals surface area contributed by atoms with Crippen LogP contribution in [0, 0.1) is 17.1 Å². The lowest BCUT2D eigenvalue weighted by Gasteiger charge is -2.25. The number of nitrogens with one attached hydrogen (secondary N) is 1. The molecule has 0 bridgehead atoms. The lowest BCUT2D eigenvalue weighted by atomic mass is 10.1. The largest absolute Gasteiger partial charge is 0.352 e. The molecule has 2 aromatic rings. The standard InChI is InChI=1S/C21H16FN5O2S/c22-14-7-5-13(6-8-14)12-24-18(28)11-17-20(29)27-19(25-17)15-3-1-2-4-16(15)26-21(27)30-10-9-23/h1-8,17H,10-12H2,(H,24,28)/t17-/m1/s1. The topological polar surface area (TPSA) is 97.9 Å². The molecule has 0 saturated carbocycles.